The van der Waals surface area contributed by atoms with Crippen LogP contribution in [0.3, 0.4) is 0 Å². The lowest BCUT2D eigenvalue weighted by atomic mass is 10.0. The maximum Gasteiger partial charge on any atom is 0.231 e. The fraction of sp³-hybridized carbons (Fsp3) is 0.381. The highest BCUT2D eigenvalue weighted by Crippen LogP contribution is 2.21. The van der Waals surface area contributed by atoms with E-state index >= 15 is 0 Å². The minimum atomic E-state index is -0.0363. The third kappa shape index (κ3) is 5.05. The second-order valence-corrected chi connectivity index (χ2v) is 7.00. The first-order valence-corrected chi connectivity index (χ1v) is 9.02. The van der Waals surface area contributed by atoms with Crippen molar-refractivity contribution in [3.05, 3.63) is 53.2 Å². The lowest BCUT2D eigenvalue weighted by Crippen LogP contribution is -2.46. The Morgan fingerprint density at radius 1 is 1.30 bits per heavy atom. The first-order chi connectivity index (χ1) is 13.1. The Labute approximate surface area is 159 Å². The quantitative estimate of drug-likeness (QED) is 0.670. The van der Waals surface area contributed by atoms with Gasteiger partial charge >= 0.3 is 0 Å². The minimum absolute atomic E-state index is 0.0363. The molecular weight excluding hydrogens is 342 g/mol. The van der Waals surface area contributed by atoms with E-state index in [1.807, 2.05) is 38.1 Å². The van der Waals surface area contributed by atoms with Crippen LogP contribution in [0.4, 0.5) is 0 Å². The maximum absolute atomic E-state index is 10.7. The molecule has 1 saturated heterocycles. The monoisotopic (exact) mass is 365 g/mol. The number of nitriles is 1. The Balaban J connectivity index is 1.54. The van der Waals surface area contributed by atoms with Crippen molar-refractivity contribution >= 4 is 6.29 Å². The van der Waals surface area contributed by atoms with E-state index in [-0.39, 0.29) is 12.0 Å². The van der Waals surface area contributed by atoms with Crippen LogP contribution in [0.5, 0.6) is 11.6 Å². The largest absolute Gasteiger partial charge is 0.489 e. The third-order valence-corrected chi connectivity index (χ3v) is 4.29. The molecule has 1 fully saturated rings. The molecule has 1 aliphatic heterocycles. The normalized spacial score (nSPS) is 14.4. The van der Waals surface area contributed by atoms with Gasteiger partial charge in [-0.1, -0.05) is 12.1 Å². The van der Waals surface area contributed by atoms with Crippen molar-refractivity contribution in [2.24, 2.45) is 5.92 Å². The van der Waals surface area contributed by atoms with Gasteiger partial charge in [-0.2, -0.15) is 5.26 Å². The van der Waals surface area contributed by atoms with Gasteiger partial charge in [-0.15, -0.1) is 0 Å². The van der Waals surface area contributed by atoms with Crippen LogP contribution in [0, 0.1) is 17.2 Å². The summed E-state index contributed by atoms with van der Waals surface area (Å²) >= 11 is 0. The van der Waals surface area contributed by atoms with Gasteiger partial charge in [0, 0.05) is 37.3 Å². The smallest absolute Gasteiger partial charge is 0.231 e. The summed E-state index contributed by atoms with van der Waals surface area (Å²) in [5.74, 6) is 1.30. The van der Waals surface area contributed by atoms with E-state index in [0.29, 0.717) is 18.1 Å². The molecule has 6 heteroatoms. The van der Waals surface area contributed by atoms with Crippen molar-refractivity contribution in [3.63, 3.8) is 0 Å². The van der Waals surface area contributed by atoms with Crippen molar-refractivity contribution in [2.75, 3.05) is 13.1 Å². The van der Waals surface area contributed by atoms with Crippen LogP contribution >= 0.6 is 0 Å². The summed E-state index contributed by atoms with van der Waals surface area (Å²) < 4.78 is 11.3. The summed E-state index contributed by atoms with van der Waals surface area (Å²) in [6.07, 6.45) is 2.66. The molecule has 2 heterocycles. The molecule has 0 N–H and O–H groups in total. The molecule has 1 aliphatic rings. The number of nitrogens with zero attached hydrogens (tertiary/aromatic N) is 3. The molecule has 3 rings (SSSR count). The number of aldehydes is 1. The van der Waals surface area contributed by atoms with Crippen LogP contribution in [0.1, 0.15) is 30.5 Å². The number of aromatic nitrogens is 1. The van der Waals surface area contributed by atoms with Gasteiger partial charge in [-0.05, 0) is 37.6 Å². The van der Waals surface area contributed by atoms with E-state index in [0.717, 1.165) is 37.2 Å². The Kier molecular flexibility index (Phi) is 6.05. The van der Waals surface area contributed by atoms with E-state index in [1.165, 1.54) is 5.56 Å². The summed E-state index contributed by atoms with van der Waals surface area (Å²) in [4.78, 5) is 17.1. The van der Waals surface area contributed by atoms with Crippen molar-refractivity contribution in [1.29, 1.82) is 5.26 Å². The third-order valence-electron chi connectivity index (χ3n) is 4.29. The fourth-order valence-corrected chi connectivity index (χ4v) is 2.91. The molecule has 0 amide bonds. The Morgan fingerprint density at radius 3 is 2.67 bits per heavy atom. The molecule has 0 bridgehead atoms. The average molecular weight is 365 g/mol. The first-order valence-electron chi connectivity index (χ1n) is 9.02. The van der Waals surface area contributed by atoms with E-state index in [2.05, 4.69) is 16.0 Å². The zero-order valence-electron chi connectivity index (χ0n) is 15.6. The van der Waals surface area contributed by atoms with Crippen molar-refractivity contribution in [1.82, 2.24) is 9.88 Å². The summed E-state index contributed by atoms with van der Waals surface area (Å²) in [5.41, 5.74) is 2.41. The van der Waals surface area contributed by atoms with Crippen LogP contribution in [-0.2, 0) is 17.9 Å². The van der Waals surface area contributed by atoms with Crippen molar-refractivity contribution in [3.8, 4) is 17.7 Å². The number of benzene rings is 1. The second kappa shape index (κ2) is 8.65. The number of ether oxygens (including phenoxy) is 2. The number of carbonyl (C=O) groups excluding carboxylic acids is 1. The molecule has 2 aromatic rings. The number of carbonyl (C=O) groups is 1. The second-order valence-electron chi connectivity index (χ2n) is 7.00. The predicted molar refractivity (Wildman–Crippen MR) is 100 cm³/mol. The summed E-state index contributed by atoms with van der Waals surface area (Å²) in [6.45, 7) is 6.64. The van der Waals surface area contributed by atoms with Gasteiger partial charge in [0.2, 0.25) is 5.88 Å². The van der Waals surface area contributed by atoms with Gasteiger partial charge in [-0.25, -0.2) is 4.98 Å². The summed E-state index contributed by atoms with van der Waals surface area (Å²) in [6, 6.07) is 11.8. The highest BCUT2D eigenvalue weighted by atomic mass is 16.5. The predicted octanol–water partition coefficient (Wildman–Crippen LogP) is 2.95. The lowest BCUT2D eigenvalue weighted by Gasteiger charge is -2.36. The molecule has 0 aliphatic carbocycles. The number of rotatable bonds is 8. The van der Waals surface area contributed by atoms with E-state index < -0.39 is 0 Å². The molecule has 1 aromatic heterocycles. The molecule has 0 radical (unpaired) electrons. The first kappa shape index (κ1) is 18.9. The van der Waals surface area contributed by atoms with Gasteiger partial charge in [0.15, 0.2) is 0 Å². The standard InChI is InChI=1S/C21H23N3O3/c1-15(2)27-21-19(8-22)7-17(9-23-21)14-26-20-5-3-16(4-6-20)10-24-11-18(12-24)13-25/h3-7,9,13,15,18H,10-12,14H2,1-2H3. The molecule has 0 unspecified atom stereocenters. The van der Waals surface area contributed by atoms with Gasteiger partial charge in [-0.3, -0.25) is 4.90 Å². The molecule has 0 atom stereocenters. The number of hydrogen-bond donors (Lipinski definition) is 0. The number of hydrogen-bond acceptors (Lipinski definition) is 6. The zero-order chi connectivity index (χ0) is 19.2. The van der Waals surface area contributed by atoms with Crippen LogP contribution in [0.2, 0.25) is 0 Å². The minimum Gasteiger partial charge on any atom is -0.489 e. The topological polar surface area (TPSA) is 75.5 Å². The van der Waals surface area contributed by atoms with E-state index in [1.54, 1.807) is 12.3 Å². The van der Waals surface area contributed by atoms with E-state index in [9.17, 15) is 10.1 Å². The number of pyridine rings is 1. The van der Waals surface area contributed by atoms with Crippen LogP contribution < -0.4 is 9.47 Å². The highest BCUT2D eigenvalue weighted by Gasteiger charge is 2.25. The summed E-state index contributed by atoms with van der Waals surface area (Å²) in [7, 11) is 0. The average Bonchev–Trinajstić information content (AvgIpc) is 2.64. The van der Waals surface area contributed by atoms with Crippen LogP contribution in [-0.4, -0.2) is 35.4 Å². The van der Waals surface area contributed by atoms with Gasteiger partial charge in [0.1, 0.15) is 30.3 Å². The zero-order valence-corrected chi connectivity index (χ0v) is 15.6. The van der Waals surface area contributed by atoms with Crippen molar-refractivity contribution in [2.45, 2.75) is 33.1 Å². The molecule has 140 valence electrons. The van der Waals surface area contributed by atoms with Gasteiger partial charge in [0.25, 0.3) is 0 Å². The maximum atomic E-state index is 10.7. The Bertz CT molecular complexity index is 822. The Hall–Kier alpha value is -2.91. The number of likely N-dealkylation sites (tertiary alicyclic amines) is 1. The molecule has 0 spiro atoms. The molecule has 27 heavy (non-hydrogen) atoms. The SMILES string of the molecule is CC(C)Oc1ncc(COc2ccc(CN3CC(C=O)C3)cc2)cc1C#N. The molecule has 1 aromatic carbocycles. The van der Waals surface area contributed by atoms with Crippen LogP contribution in [0.15, 0.2) is 36.5 Å². The molecule has 6 nitrogen and oxygen atoms in total. The summed E-state index contributed by atoms with van der Waals surface area (Å²) in [5, 5.41) is 9.27. The van der Waals surface area contributed by atoms with Crippen molar-refractivity contribution < 1.29 is 14.3 Å². The highest BCUT2D eigenvalue weighted by molar-refractivity contribution is 5.55. The van der Waals surface area contributed by atoms with E-state index in [4.69, 9.17) is 9.47 Å². The van der Waals surface area contributed by atoms with Gasteiger partial charge < -0.3 is 14.3 Å². The lowest BCUT2D eigenvalue weighted by molar-refractivity contribution is -0.115. The molecular formula is C21H23N3O3. The Morgan fingerprint density at radius 2 is 2.04 bits per heavy atom. The van der Waals surface area contributed by atoms with Crippen LogP contribution in [0.25, 0.3) is 0 Å². The molecule has 0 saturated carbocycles. The van der Waals surface area contributed by atoms with Gasteiger partial charge in [0.05, 0.1) is 6.10 Å². The fourth-order valence-electron chi connectivity index (χ4n) is 2.91.